The Labute approximate surface area is 193 Å². The highest BCUT2D eigenvalue weighted by molar-refractivity contribution is 9.10. The SMILES string of the molecule is CCc1cc([C@H](Nc2cc(C)ccn2)c2ccc(Br)cc2)c(NC(=O)c2ccco2)s1. The van der Waals surface area contributed by atoms with Crippen molar-refractivity contribution >= 4 is 44.0 Å². The van der Waals surface area contributed by atoms with Gasteiger partial charge in [0.1, 0.15) is 10.8 Å². The molecule has 1 aromatic carbocycles. The lowest BCUT2D eigenvalue weighted by atomic mass is 9.99. The summed E-state index contributed by atoms with van der Waals surface area (Å²) in [6, 6.07) is 17.5. The molecule has 3 heterocycles. The fourth-order valence-corrected chi connectivity index (χ4v) is 4.57. The van der Waals surface area contributed by atoms with E-state index in [-0.39, 0.29) is 17.7 Å². The number of halogens is 1. The number of hydrogen-bond acceptors (Lipinski definition) is 5. The van der Waals surface area contributed by atoms with Crippen LogP contribution in [0.5, 0.6) is 0 Å². The zero-order chi connectivity index (χ0) is 21.8. The Bertz CT molecular complexity index is 1170. The Morgan fingerprint density at radius 1 is 1.19 bits per heavy atom. The van der Waals surface area contributed by atoms with Crippen LogP contribution in [0.3, 0.4) is 0 Å². The first-order valence-electron chi connectivity index (χ1n) is 9.95. The minimum absolute atomic E-state index is 0.189. The van der Waals surface area contributed by atoms with Crippen molar-refractivity contribution in [2.75, 3.05) is 10.6 Å². The summed E-state index contributed by atoms with van der Waals surface area (Å²) >= 11 is 5.10. The van der Waals surface area contributed by atoms with E-state index >= 15 is 0 Å². The van der Waals surface area contributed by atoms with Gasteiger partial charge in [0.25, 0.3) is 5.91 Å². The molecule has 0 aliphatic heterocycles. The van der Waals surface area contributed by atoms with Crippen molar-refractivity contribution in [3.63, 3.8) is 0 Å². The number of aryl methyl sites for hydroxylation is 2. The van der Waals surface area contributed by atoms with Crippen molar-refractivity contribution < 1.29 is 9.21 Å². The Morgan fingerprint density at radius 3 is 2.68 bits per heavy atom. The first-order chi connectivity index (χ1) is 15.0. The normalized spacial score (nSPS) is 11.8. The van der Waals surface area contributed by atoms with Crippen molar-refractivity contribution in [2.45, 2.75) is 26.3 Å². The minimum atomic E-state index is -0.265. The first kappa shape index (κ1) is 21.3. The van der Waals surface area contributed by atoms with Crippen LogP contribution in [0.25, 0.3) is 0 Å². The van der Waals surface area contributed by atoms with Crippen LogP contribution in [-0.2, 0) is 6.42 Å². The number of nitrogens with one attached hydrogen (secondary N) is 2. The fraction of sp³-hybridized carbons (Fsp3) is 0.167. The second-order valence-electron chi connectivity index (χ2n) is 7.13. The molecule has 0 radical (unpaired) electrons. The van der Waals surface area contributed by atoms with Gasteiger partial charge in [-0.1, -0.05) is 35.0 Å². The summed E-state index contributed by atoms with van der Waals surface area (Å²) in [5, 5.41) is 7.40. The summed E-state index contributed by atoms with van der Waals surface area (Å²) in [6.45, 7) is 4.15. The molecular formula is C24H22BrN3O2S. The molecule has 1 amide bonds. The van der Waals surface area contributed by atoms with Crippen LogP contribution in [-0.4, -0.2) is 10.9 Å². The minimum Gasteiger partial charge on any atom is -0.459 e. The quantitative estimate of drug-likeness (QED) is 0.295. The summed E-state index contributed by atoms with van der Waals surface area (Å²) < 4.78 is 6.28. The van der Waals surface area contributed by atoms with Gasteiger partial charge in [-0.2, -0.15) is 0 Å². The number of benzene rings is 1. The van der Waals surface area contributed by atoms with Gasteiger partial charge in [-0.3, -0.25) is 4.79 Å². The highest BCUT2D eigenvalue weighted by Crippen LogP contribution is 2.38. The standard InChI is InChI=1S/C24H22BrN3O2S/c1-3-18-14-19(24(31-18)28-23(29)20-5-4-12-30-20)22(16-6-8-17(25)9-7-16)27-21-13-15(2)10-11-26-21/h4-14,22H,3H2,1-2H3,(H,26,27)(H,28,29)/t22-/m1/s1. The topological polar surface area (TPSA) is 67.2 Å². The van der Waals surface area contributed by atoms with E-state index in [2.05, 4.69) is 56.7 Å². The molecule has 0 aliphatic rings. The number of nitrogens with zero attached hydrogens (tertiary/aromatic N) is 1. The molecule has 0 bridgehead atoms. The predicted octanol–water partition coefficient (Wildman–Crippen LogP) is 6.82. The van der Waals surface area contributed by atoms with E-state index in [0.717, 1.165) is 38.4 Å². The number of amides is 1. The van der Waals surface area contributed by atoms with Crippen molar-refractivity contribution in [2.24, 2.45) is 0 Å². The van der Waals surface area contributed by atoms with Crippen molar-refractivity contribution in [3.05, 3.63) is 98.9 Å². The molecule has 0 unspecified atom stereocenters. The molecule has 0 aliphatic carbocycles. The molecule has 0 saturated heterocycles. The van der Waals surface area contributed by atoms with Gasteiger partial charge in [-0.25, -0.2) is 4.98 Å². The number of pyridine rings is 1. The Balaban J connectivity index is 1.75. The number of rotatable bonds is 7. The lowest BCUT2D eigenvalue weighted by Crippen LogP contribution is -2.17. The van der Waals surface area contributed by atoms with Crippen molar-refractivity contribution in [1.29, 1.82) is 0 Å². The van der Waals surface area contributed by atoms with Gasteiger partial charge in [0.2, 0.25) is 0 Å². The van der Waals surface area contributed by atoms with Gasteiger partial charge in [-0.15, -0.1) is 11.3 Å². The maximum atomic E-state index is 12.7. The van der Waals surface area contributed by atoms with Crippen LogP contribution in [0.2, 0.25) is 0 Å². The van der Waals surface area contributed by atoms with Crippen LogP contribution >= 0.6 is 27.3 Å². The lowest BCUT2D eigenvalue weighted by Gasteiger charge is -2.21. The van der Waals surface area contributed by atoms with E-state index in [9.17, 15) is 4.79 Å². The third kappa shape index (κ3) is 5.06. The first-order valence-corrected chi connectivity index (χ1v) is 11.6. The Kier molecular flexibility index (Phi) is 6.53. The highest BCUT2D eigenvalue weighted by atomic mass is 79.9. The third-order valence-electron chi connectivity index (χ3n) is 4.85. The third-order valence-corrected chi connectivity index (χ3v) is 6.59. The second-order valence-corrected chi connectivity index (χ2v) is 9.18. The summed E-state index contributed by atoms with van der Waals surface area (Å²) in [5.41, 5.74) is 3.19. The van der Waals surface area contributed by atoms with Gasteiger partial charge in [0.05, 0.1) is 12.3 Å². The number of carbonyl (C=O) groups is 1. The van der Waals surface area contributed by atoms with Crippen LogP contribution in [0.1, 0.15) is 45.1 Å². The van der Waals surface area contributed by atoms with Gasteiger partial charge in [-0.05, 0) is 66.9 Å². The highest BCUT2D eigenvalue weighted by Gasteiger charge is 2.23. The molecule has 4 aromatic rings. The number of anilines is 2. The summed E-state index contributed by atoms with van der Waals surface area (Å²) in [4.78, 5) is 18.4. The number of hydrogen-bond donors (Lipinski definition) is 2. The maximum absolute atomic E-state index is 12.7. The maximum Gasteiger partial charge on any atom is 0.291 e. The van der Waals surface area contributed by atoms with Crippen molar-refractivity contribution in [1.82, 2.24) is 4.98 Å². The molecule has 2 N–H and O–H groups in total. The number of carbonyl (C=O) groups excluding carboxylic acids is 1. The van der Waals surface area contributed by atoms with Crippen molar-refractivity contribution in [3.8, 4) is 0 Å². The molecule has 0 saturated carbocycles. The van der Waals surface area contributed by atoms with Gasteiger partial charge in [0, 0.05) is 21.1 Å². The number of thiophene rings is 1. The van der Waals surface area contributed by atoms with Gasteiger partial charge < -0.3 is 15.1 Å². The van der Waals surface area contributed by atoms with Gasteiger partial charge >= 0.3 is 0 Å². The second kappa shape index (κ2) is 9.49. The molecule has 3 aromatic heterocycles. The average Bonchev–Trinajstić information content (AvgIpc) is 3.43. The average molecular weight is 496 g/mol. The molecule has 158 valence electrons. The molecular weight excluding hydrogens is 474 g/mol. The zero-order valence-electron chi connectivity index (χ0n) is 17.2. The Hall–Kier alpha value is -2.90. The predicted molar refractivity (Wildman–Crippen MR) is 129 cm³/mol. The van der Waals surface area contributed by atoms with E-state index in [4.69, 9.17) is 4.42 Å². The smallest absolute Gasteiger partial charge is 0.291 e. The van der Waals surface area contributed by atoms with E-state index in [1.165, 1.54) is 11.1 Å². The van der Waals surface area contributed by atoms with Crippen LogP contribution in [0.4, 0.5) is 10.8 Å². The van der Waals surface area contributed by atoms with E-state index < -0.39 is 0 Å². The molecule has 5 nitrogen and oxygen atoms in total. The molecule has 1 atom stereocenters. The number of furan rings is 1. The molecule has 31 heavy (non-hydrogen) atoms. The van der Waals surface area contributed by atoms with E-state index in [0.29, 0.717) is 0 Å². The van der Waals surface area contributed by atoms with Crippen LogP contribution < -0.4 is 10.6 Å². The molecule has 0 spiro atoms. The molecule has 7 heteroatoms. The number of aromatic nitrogens is 1. The lowest BCUT2D eigenvalue weighted by molar-refractivity contribution is 0.0997. The summed E-state index contributed by atoms with van der Waals surface area (Å²) in [5.74, 6) is 0.797. The molecule has 4 rings (SSSR count). The largest absolute Gasteiger partial charge is 0.459 e. The van der Waals surface area contributed by atoms with E-state index in [1.54, 1.807) is 29.7 Å². The van der Waals surface area contributed by atoms with Gasteiger partial charge in [0.15, 0.2) is 5.76 Å². The monoisotopic (exact) mass is 495 g/mol. The summed E-state index contributed by atoms with van der Waals surface area (Å²) in [7, 11) is 0. The zero-order valence-corrected chi connectivity index (χ0v) is 19.6. The molecule has 0 fully saturated rings. The summed E-state index contributed by atoms with van der Waals surface area (Å²) in [6.07, 6.45) is 4.17. The van der Waals surface area contributed by atoms with Crippen LogP contribution in [0, 0.1) is 6.92 Å². The Morgan fingerprint density at radius 2 is 2.00 bits per heavy atom. The fourth-order valence-electron chi connectivity index (χ4n) is 3.28. The van der Waals surface area contributed by atoms with Crippen LogP contribution in [0.15, 0.2) is 75.9 Å². The van der Waals surface area contributed by atoms with E-state index in [1.807, 2.05) is 31.2 Å².